The molecule has 23 heavy (non-hydrogen) atoms. The number of imidazole rings is 1. The van der Waals surface area contributed by atoms with Crippen molar-refractivity contribution in [3.05, 3.63) is 72.6 Å². The summed E-state index contributed by atoms with van der Waals surface area (Å²) in [6, 6.07) is 19.1. The Balaban J connectivity index is 2.17. The highest BCUT2D eigenvalue weighted by molar-refractivity contribution is 5.97. The zero-order valence-electron chi connectivity index (χ0n) is 13.1. The van der Waals surface area contributed by atoms with Crippen LogP contribution in [0, 0.1) is 6.92 Å². The first-order chi connectivity index (χ1) is 11.2. The summed E-state index contributed by atoms with van der Waals surface area (Å²) < 4.78 is 1.96. The third-order valence-electron chi connectivity index (χ3n) is 3.57. The lowest BCUT2D eigenvalue weighted by atomic mass is 10.3. The lowest BCUT2D eigenvalue weighted by Crippen LogP contribution is -2.36. The molecule has 0 saturated carbocycles. The van der Waals surface area contributed by atoms with Gasteiger partial charge < -0.3 is 5.32 Å². The number of aromatic nitrogens is 2. The van der Waals surface area contributed by atoms with E-state index in [1.165, 1.54) is 0 Å². The molecule has 0 radical (unpaired) electrons. The molecule has 0 saturated heterocycles. The molecule has 2 aromatic carbocycles. The van der Waals surface area contributed by atoms with Crippen LogP contribution in [0.15, 0.2) is 66.9 Å². The Morgan fingerprint density at radius 3 is 2.26 bits per heavy atom. The number of carbonyl (C=O) groups excluding carboxylic acids is 1. The molecule has 2 amide bonds. The quantitative estimate of drug-likeness (QED) is 0.803. The fourth-order valence-corrected chi connectivity index (χ4v) is 2.49. The largest absolute Gasteiger partial charge is 0.340 e. The van der Waals surface area contributed by atoms with Crippen molar-refractivity contribution in [2.24, 2.45) is 0 Å². The normalized spacial score (nSPS) is 10.3. The van der Waals surface area contributed by atoms with Gasteiger partial charge in [0.15, 0.2) is 0 Å². The molecular weight excluding hydrogens is 288 g/mol. The van der Waals surface area contributed by atoms with Gasteiger partial charge in [-0.1, -0.05) is 36.4 Å². The summed E-state index contributed by atoms with van der Waals surface area (Å²) in [6.07, 6.45) is 1.77. The number of anilines is 2. The van der Waals surface area contributed by atoms with Crippen molar-refractivity contribution < 1.29 is 4.79 Å². The number of urea groups is 1. The molecule has 116 valence electrons. The number of carbonyl (C=O) groups is 1. The minimum Gasteiger partial charge on any atom is -0.340 e. The highest BCUT2D eigenvalue weighted by Crippen LogP contribution is 2.28. The van der Waals surface area contributed by atoms with Crippen LogP contribution in [-0.4, -0.2) is 22.6 Å². The number of benzene rings is 2. The van der Waals surface area contributed by atoms with E-state index >= 15 is 0 Å². The van der Waals surface area contributed by atoms with Gasteiger partial charge in [0.1, 0.15) is 0 Å². The van der Waals surface area contributed by atoms with E-state index in [-0.39, 0.29) is 6.03 Å². The van der Waals surface area contributed by atoms with Gasteiger partial charge in [0.2, 0.25) is 5.95 Å². The van der Waals surface area contributed by atoms with Crippen molar-refractivity contribution in [1.82, 2.24) is 14.9 Å². The molecule has 0 aliphatic heterocycles. The maximum Gasteiger partial charge on any atom is 0.328 e. The average molecular weight is 306 g/mol. The predicted octanol–water partition coefficient (Wildman–Crippen LogP) is 3.66. The fraction of sp³-hybridized carbons (Fsp3) is 0.111. The van der Waals surface area contributed by atoms with Crippen LogP contribution in [0.1, 0.15) is 5.69 Å². The number of para-hydroxylation sites is 2. The van der Waals surface area contributed by atoms with Crippen LogP contribution in [-0.2, 0) is 0 Å². The van der Waals surface area contributed by atoms with E-state index in [2.05, 4.69) is 10.3 Å². The minimum absolute atomic E-state index is 0.237. The van der Waals surface area contributed by atoms with Crippen molar-refractivity contribution in [2.75, 3.05) is 11.9 Å². The SMILES string of the molecule is CNC(=O)N(c1ccccc1)c1ncc(C)n1-c1ccccc1. The van der Waals surface area contributed by atoms with E-state index in [4.69, 9.17) is 0 Å². The molecule has 1 aromatic heterocycles. The summed E-state index contributed by atoms with van der Waals surface area (Å²) in [5, 5.41) is 2.68. The van der Waals surface area contributed by atoms with E-state index in [0.29, 0.717) is 5.95 Å². The molecule has 1 heterocycles. The minimum atomic E-state index is -0.237. The predicted molar refractivity (Wildman–Crippen MR) is 91.3 cm³/mol. The van der Waals surface area contributed by atoms with Gasteiger partial charge in [-0.25, -0.2) is 14.7 Å². The van der Waals surface area contributed by atoms with Crippen LogP contribution in [0.25, 0.3) is 5.69 Å². The van der Waals surface area contributed by atoms with Crippen LogP contribution < -0.4 is 10.2 Å². The standard InChI is InChI=1S/C18H18N4O/c1-14-13-20-17(21(14)15-9-5-3-6-10-15)22(18(23)19-2)16-11-7-4-8-12-16/h3-13H,1-2H3,(H,19,23). The molecule has 5 nitrogen and oxygen atoms in total. The van der Waals surface area contributed by atoms with Crippen molar-refractivity contribution in [3.8, 4) is 5.69 Å². The lowest BCUT2D eigenvalue weighted by Gasteiger charge is -2.23. The van der Waals surface area contributed by atoms with Gasteiger partial charge in [0, 0.05) is 18.4 Å². The summed E-state index contributed by atoms with van der Waals surface area (Å²) in [4.78, 5) is 18.5. The van der Waals surface area contributed by atoms with Crippen molar-refractivity contribution in [2.45, 2.75) is 6.92 Å². The zero-order valence-corrected chi connectivity index (χ0v) is 13.1. The number of nitrogens with one attached hydrogen (secondary N) is 1. The number of hydrogen-bond donors (Lipinski definition) is 1. The van der Waals surface area contributed by atoms with Gasteiger partial charge in [-0.05, 0) is 31.2 Å². The smallest absolute Gasteiger partial charge is 0.328 e. The Morgan fingerprint density at radius 1 is 1.04 bits per heavy atom. The topological polar surface area (TPSA) is 50.2 Å². The summed E-state index contributed by atoms with van der Waals surface area (Å²) in [5.41, 5.74) is 2.67. The summed E-state index contributed by atoms with van der Waals surface area (Å²) in [5.74, 6) is 0.555. The Bertz CT molecular complexity index is 796. The third kappa shape index (κ3) is 2.81. The fourth-order valence-electron chi connectivity index (χ4n) is 2.49. The molecule has 0 bridgehead atoms. The van der Waals surface area contributed by atoms with Crippen LogP contribution in [0.3, 0.4) is 0 Å². The second kappa shape index (κ2) is 6.36. The summed E-state index contributed by atoms with van der Waals surface area (Å²) in [6.45, 7) is 1.97. The van der Waals surface area contributed by atoms with Crippen LogP contribution in [0.4, 0.5) is 16.4 Å². The molecule has 3 rings (SSSR count). The monoisotopic (exact) mass is 306 g/mol. The van der Waals surface area contributed by atoms with Gasteiger partial charge in [-0.15, -0.1) is 0 Å². The van der Waals surface area contributed by atoms with Crippen molar-refractivity contribution in [3.63, 3.8) is 0 Å². The van der Waals surface area contributed by atoms with Gasteiger partial charge in [0.05, 0.1) is 11.9 Å². The molecule has 0 aliphatic carbocycles. The maximum atomic E-state index is 12.5. The Hall–Kier alpha value is -3.08. The van der Waals surface area contributed by atoms with E-state index in [0.717, 1.165) is 17.1 Å². The van der Waals surface area contributed by atoms with Crippen LogP contribution in [0.2, 0.25) is 0 Å². The number of aryl methyl sites for hydroxylation is 1. The highest BCUT2D eigenvalue weighted by atomic mass is 16.2. The number of hydrogen-bond acceptors (Lipinski definition) is 2. The van der Waals surface area contributed by atoms with Crippen molar-refractivity contribution >= 4 is 17.7 Å². The Kier molecular flexibility index (Phi) is 4.10. The molecule has 1 N–H and O–H groups in total. The second-order valence-corrected chi connectivity index (χ2v) is 5.10. The average Bonchev–Trinajstić information content (AvgIpc) is 2.98. The molecule has 0 aliphatic rings. The lowest BCUT2D eigenvalue weighted by molar-refractivity contribution is 0.250. The zero-order chi connectivity index (χ0) is 16.2. The Labute approximate surface area is 135 Å². The number of rotatable bonds is 3. The molecule has 0 fully saturated rings. The number of nitrogens with zero attached hydrogens (tertiary/aromatic N) is 3. The first kappa shape index (κ1) is 14.8. The van der Waals surface area contributed by atoms with E-state index in [9.17, 15) is 4.79 Å². The van der Waals surface area contributed by atoms with E-state index < -0.39 is 0 Å². The second-order valence-electron chi connectivity index (χ2n) is 5.10. The molecule has 0 spiro atoms. The molecule has 5 heteroatoms. The summed E-state index contributed by atoms with van der Waals surface area (Å²) in [7, 11) is 1.61. The van der Waals surface area contributed by atoms with Crippen molar-refractivity contribution in [1.29, 1.82) is 0 Å². The third-order valence-corrected chi connectivity index (χ3v) is 3.57. The van der Waals surface area contributed by atoms with Gasteiger partial charge in [-0.3, -0.25) is 4.57 Å². The molecular formula is C18H18N4O. The molecule has 0 atom stereocenters. The van der Waals surface area contributed by atoms with Gasteiger partial charge >= 0.3 is 6.03 Å². The van der Waals surface area contributed by atoms with Crippen LogP contribution in [0.5, 0.6) is 0 Å². The van der Waals surface area contributed by atoms with E-state index in [1.807, 2.05) is 72.2 Å². The maximum absolute atomic E-state index is 12.5. The number of amides is 2. The molecule has 0 unspecified atom stereocenters. The van der Waals surface area contributed by atoms with Crippen LogP contribution >= 0.6 is 0 Å². The first-order valence-electron chi connectivity index (χ1n) is 7.39. The highest BCUT2D eigenvalue weighted by Gasteiger charge is 2.23. The van der Waals surface area contributed by atoms with Gasteiger partial charge in [0.25, 0.3) is 0 Å². The van der Waals surface area contributed by atoms with E-state index in [1.54, 1.807) is 18.1 Å². The molecule has 3 aromatic rings. The van der Waals surface area contributed by atoms with Gasteiger partial charge in [-0.2, -0.15) is 0 Å². The Morgan fingerprint density at radius 2 is 1.65 bits per heavy atom. The first-order valence-corrected chi connectivity index (χ1v) is 7.39. The summed E-state index contributed by atoms with van der Waals surface area (Å²) >= 11 is 0.